The van der Waals surface area contributed by atoms with E-state index in [-0.39, 0.29) is 11.9 Å². The molecule has 1 amide bonds. The Labute approximate surface area is 155 Å². The van der Waals surface area contributed by atoms with Crippen molar-refractivity contribution in [2.45, 2.75) is 39.2 Å². The molecule has 3 aromatic rings. The van der Waals surface area contributed by atoms with E-state index in [2.05, 4.69) is 24.9 Å². The first-order valence-electron chi connectivity index (χ1n) is 8.69. The molecule has 4 heterocycles. The molecular weight excluding hydrogens is 348 g/mol. The van der Waals surface area contributed by atoms with Crippen LogP contribution in [0, 0.1) is 13.8 Å². The summed E-state index contributed by atoms with van der Waals surface area (Å²) in [6.07, 6.45) is 6.41. The summed E-state index contributed by atoms with van der Waals surface area (Å²) in [4.78, 5) is 36.3. The number of thiazole rings is 1. The van der Waals surface area contributed by atoms with Crippen molar-refractivity contribution in [2.75, 3.05) is 6.54 Å². The Morgan fingerprint density at radius 2 is 2.15 bits per heavy atom. The van der Waals surface area contributed by atoms with Gasteiger partial charge >= 0.3 is 0 Å². The molecule has 0 saturated carbocycles. The highest BCUT2D eigenvalue weighted by molar-refractivity contribution is 7.11. The van der Waals surface area contributed by atoms with E-state index in [1.807, 2.05) is 24.8 Å². The molecule has 26 heavy (non-hydrogen) atoms. The zero-order chi connectivity index (χ0) is 18.1. The van der Waals surface area contributed by atoms with Crippen LogP contribution in [-0.4, -0.2) is 42.3 Å². The Hall–Kier alpha value is -2.61. The molecule has 0 aromatic carbocycles. The number of imidazole rings is 1. The summed E-state index contributed by atoms with van der Waals surface area (Å²) >= 11 is 1.38. The van der Waals surface area contributed by atoms with Gasteiger partial charge in [0.2, 0.25) is 0 Å². The van der Waals surface area contributed by atoms with Crippen LogP contribution in [0.4, 0.5) is 0 Å². The van der Waals surface area contributed by atoms with Crippen LogP contribution in [0.5, 0.6) is 0 Å². The van der Waals surface area contributed by atoms with Crippen LogP contribution in [0.2, 0.25) is 0 Å². The normalized spacial score (nSPS) is 17.5. The predicted molar refractivity (Wildman–Crippen MR) is 98.8 cm³/mol. The summed E-state index contributed by atoms with van der Waals surface area (Å²) in [6.45, 7) is 4.57. The number of piperidine rings is 1. The van der Waals surface area contributed by atoms with E-state index >= 15 is 0 Å². The predicted octanol–water partition coefficient (Wildman–Crippen LogP) is 3.31. The molecule has 3 aromatic heterocycles. The van der Waals surface area contributed by atoms with Crippen molar-refractivity contribution in [2.24, 2.45) is 0 Å². The van der Waals surface area contributed by atoms with Gasteiger partial charge in [-0.1, -0.05) is 0 Å². The van der Waals surface area contributed by atoms with Crippen LogP contribution >= 0.6 is 11.3 Å². The summed E-state index contributed by atoms with van der Waals surface area (Å²) < 4.78 is 0. The van der Waals surface area contributed by atoms with Gasteiger partial charge in [-0.3, -0.25) is 9.78 Å². The number of H-pyrrole nitrogens is 1. The molecule has 0 radical (unpaired) electrons. The minimum atomic E-state index is -0.0464. The second-order valence-corrected chi connectivity index (χ2v) is 7.40. The Kier molecular flexibility index (Phi) is 4.50. The first-order chi connectivity index (χ1) is 12.6. The highest BCUT2D eigenvalue weighted by Gasteiger charge is 2.31. The number of amides is 1. The number of nitrogens with zero attached hydrogens (tertiary/aromatic N) is 5. The van der Waals surface area contributed by atoms with E-state index in [9.17, 15) is 4.79 Å². The van der Waals surface area contributed by atoms with Crippen molar-refractivity contribution < 1.29 is 4.79 Å². The van der Waals surface area contributed by atoms with E-state index in [1.165, 1.54) is 11.3 Å². The number of carbonyl (C=O) groups is 1. The fourth-order valence-corrected chi connectivity index (χ4v) is 3.95. The van der Waals surface area contributed by atoms with Crippen molar-refractivity contribution in [3.8, 4) is 11.5 Å². The van der Waals surface area contributed by atoms with Crippen LogP contribution in [-0.2, 0) is 0 Å². The molecule has 4 rings (SSSR count). The van der Waals surface area contributed by atoms with Gasteiger partial charge in [0, 0.05) is 18.4 Å². The third-order valence-electron chi connectivity index (χ3n) is 4.55. The second-order valence-electron chi connectivity index (χ2n) is 6.52. The zero-order valence-corrected chi connectivity index (χ0v) is 15.6. The summed E-state index contributed by atoms with van der Waals surface area (Å²) in [5.74, 6) is 1.44. The van der Waals surface area contributed by atoms with E-state index in [4.69, 9.17) is 0 Å². The summed E-state index contributed by atoms with van der Waals surface area (Å²) in [5, 5.41) is 0. The molecule has 0 spiro atoms. The molecule has 1 aliphatic rings. The van der Waals surface area contributed by atoms with E-state index in [0.717, 1.165) is 48.7 Å². The van der Waals surface area contributed by atoms with Gasteiger partial charge in [-0.25, -0.2) is 15.0 Å². The maximum Gasteiger partial charge on any atom is 0.266 e. The highest BCUT2D eigenvalue weighted by atomic mass is 32.1. The van der Waals surface area contributed by atoms with Crippen molar-refractivity contribution in [1.29, 1.82) is 0 Å². The third-order valence-corrected chi connectivity index (χ3v) is 5.31. The van der Waals surface area contributed by atoms with Gasteiger partial charge < -0.3 is 9.88 Å². The fraction of sp³-hybridized carbons (Fsp3) is 0.389. The summed E-state index contributed by atoms with van der Waals surface area (Å²) in [7, 11) is 0. The molecule has 134 valence electrons. The van der Waals surface area contributed by atoms with Crippen LogP contribution in [0.1, 0.15) is 52.2 Å². The summed E-state index contributed by atoms with van der Waals surface area (Å²) in [5.41, 5.74) is 4.31. The van der Waals surface area contributed by atoms with Gasteiger partial charge in [-0.15, -0.1) is 11.3 Å². The average molecular weight is 368 g/mol. The second kappa shape index (κ2) is 6.95. The first-order valence-corrected chi connectivity index (χ1v) is 9.57. The largest absolute Gasteiger partial charge is 0.341 e. The number of rotatable bonds is 3. The van der Waals surface area contributed by atoms with Crippen LogP contribution < -0.4 is 0 Å². The van der Waals surface area contributed by atoms with Gasteiger partial charge in [0.05, 0.1) is 23.4 Å². The quantitative estimate of drug-likeness (QED) is 0.766. The number of likely N-dealkylation sites (tertiary alicyclic amines) is 1. The molecule has 0 aliphatic carbocycles. The Morgan fingerprint density at radius 1 is 1.27 bits per heavy atom. The van der Waals surface area contributed by atoms with Crippen molar-refractivity contribution in [1.82, 2.24) is 29.8 Å². The lowest BCUT2D eigenvalue weighted by molar-refractivity contribution is 0.0610. The molecular formula is C18H20N6OS. The van der Waals surface area contributed by atoms with E-state index in [0.29, 0.717) is 10.7 Å². The number of aromatic amines is 1. The molecule has 0 unspecified atom stereocenters. The van der Waals surface area contributed by atoms with E-state index in [1.54, 1.807) is 17.9 Å². The molecule has 0 bridgehead atoms. The lowest BCUT2D eigenvalue weighted by atomic mass is 9.98. The number of aromatic nitrogens is 5. The average Bonchev–Trinajstić information content (AvgIpc) is 3.32. The maximum absolute atomic E-state index is 12.9. The molecule has 7 nitrogen and oxygen atoms in total. The standard InChI is InChI=1S/C18H20N6OS/c1-11-8-20-17(21-11)14-7-13(22-12(2)23-14)15-5-3-4-6-24(15)18(25)16-9-19-10-26-16/h7-10,15H,3-6H2,1-2H3,(H,20,21)/t15-/m0/s1. The number of nitrogens with one attached hydrogen (secondary N) is 1. The summed E-state index contributed by atoms with van der Waals surface area (Å²) in [6, 6.07) is 1.91. The smallest absolute Gasteiger partial charge is 0.266 e. The number of hydrogen-bond donors (Lipinski definition) is 1. The number of carbonyl (C=O) groups excluding carboxylic acids is 1. The third kappa shape index (κ3) is 3.24. The van der Waals surface area contributed by atoms with Gasteiger partial charge in [0.15, 0.2) is 5.82 Å². The highest BCUT2D eigenvalue weighted by Crippen LogP contribution is 2.32. The van der Waals surface area contributed by atoms with Crippen molar-refractivity contribution in [3.05, 3.63) is 46.1 Å². The van der Waals surface area contributed by atoms with Gasteiger partial charge in [0.1, 0.15) is 16.4 Å². The molecule has 1 atom stereocenters. The lowest BCUT2D eigenvalue weighted by Crippen LogP contribution is -2.38. The van der Waals surface area contributed by atoms with Crippen molar-refractivity contribution in [3.63, 3.8) is 0 Å². The maximum atomic E-state index is 12.9. The molecule has 1 saturated heterocycles. The van der Waals surface area contributed by atoms with Gasteiger partial charge in [-0.2, -0.15) is 0 Å². The first kappa shape index (κ1) is 16.8. The van der Waals surface area contributed by atoms with Crippen molar-refractivity contribution >= 4 is 17.2 Å². The number of aryl methyl sites for hydroxylation is 2. The fourth-order valence-electron chi connectivity index (χ4n) is 3.37. The number of hydrogen-bond acceptors (Lipinski definition) is 6. The Balaban J connectivity index is 1.70. The Bertz CT molecular complexity index is 920. The van der Waals surface area contributed by atoms with Crippen LogP contribution in [0.3, 0.4) is 0 Å². The minimum absolute atomic E-state index is 0.0314. The SMILES string of the molecule is Cc1nc(-c2ncc(C)[nH]2)cc([C@@H]2CCCCN2C(=O)c2cncs2)n1. The van der Waals surface area contributed by atoms with Crippen LogP contribution in [0.25, 0.3) is 11.5 Å². The van der Waals surface area contributed by atoms with Gasteiger partial charge in [0.25, 0.3) is 5.91 Å². The molecule has 1 N–H and O–H groups in total. The van der Waals surface area contributed by atoms with Gasteiger partial charge in [-0.05, 0) is 39.2 Å². The minimum Gasteiger partial charge on any atom is -0.341 e. The Morgan fingerprint density at radius 3 is 2.88 bits per heavy atom. The van der Waals surface area contributed by atoms with Crippen LogP contribution in [0.15, 0.2) is 24.0 Å². The monoisotopic (exact) mass is 368 g/mol. The molecule has 8 heteroatoms. The van der Waals surface area contributed by atoms with E-state index < -0.39 is 0 Å². The molecule has 1 aliphatic heterocycles. The topological polar surface area (TPSA) is 87.7 Å². The molecule has 1 fully saturated rings. The lowest BCUT2D eigenvalue weighted by Gasteiger charge is -2.35. The zero-order valence-electron chi connectivity index (χ0n) is 14.8.